The molecule has 0 unspecified atom stereocenters. The van der Waals surface area contributed by atoms with E-state index in [9.17, 15) is 18.8 Å². The number of piperazine rings is 1. The van der Waals surface area contributed by atoms with Gasteiger partial charge in [-0.3, -0.25) is 14.4 Å². The Labute approximate surface area is 152 Å². The highest BCUT2D eigenvalue weighted by atomic mass is 19.1. The van der Waals surface area contributed by atoms with Gasteiger partial charge in [0.25, 0.3) is 0 Å². The van der Waals surface area contributed by atoms with Crippen LogP contribution in [0.15, 0.2) is 24.3 Å². The average molecular weight is 361 g/mol. The van der Waals surface area contributed by atoms with Gasteiger partial charge in [-0.25, -0.2) is 4.39 Å². The largest absolute Gasteiger partial charge is 0.349 e. The van der Waals surface area contributed by atoms with Crippen molar-refractivity contribution < 1.29 is 18.8 Å². The van der Waals surface area contributed by atoms with Crippen LogP contribution in [0, 0.1) is 5.82 Å². The molecule has 1 heterocycles. The molecule has 26 heavy (non-hydrogen) atoms. The van der Waals surface area contributed by atoms with Gasteiger partial charge in [0, 0.05) is 18.2 Å². The molecule has 1 aromatic carbocycles. The van der Waals surface area contributed by atoms with Gasteiger partial charge in [-0.2, -0.15) is 0 Å². The van der Waals surface area contributed by atoms with Crippen LogP contribution in [0.3, 0.4) is 0 Å². The van der Waals surface area contributed by atoms with E-state index in [0.717, 1.165) is 25.7 Å². The molecule has 1 saturated heterocycles. The van der Waals surface area contributed by atoms with Gasteiger partial charge in [0.2, 0.25) is 17.7 Å². The lowest BCUT2D eigenvalue weighted by Crippen LogP contribution is -2.67. The number of hydrogen-bond acceptors (Lipinski definition) is 3. The van der Waals surface area contributed by atoms with Crippen LogP contribution in [0.1, 0.15) is 45.4 Å². The highest BCUT2D eigenvalue weighted by Gasteiger charge is 2.45. The Kier molecular flexibility index (Phi) is 5.54. The highest BCUT2D eigenvalue weighted by molar-refractivity contribution is 5.97. The quantitative estimate of drug-likeness (QED) is 0.863. The molecule has 2 N–H and O–H groups in total. The van der Waals surface area contributed by atoms with Gasteiger partial charge in [-0.15, -0.1) is 0 Å². The fourth-order valence-electron chi connectivity index (χ4n) is 3.90. The van der Waals surface area contributed by atoms with Crippen molar-refractivity contribution in [3.8, 4) is 0 Å². The van der Waals surface area contributed by atoms with E-state index < -0.39 is 11.9 Å². The van der Waals surface area contributed by atoms with E-state index in [4.69, 9.17) is 0 Å². The normalized spacial score (nSPS) is 25.2. The minimum Gasteiger partial charge on any atom is -0.349 e. The smallest absolute Gasteiger partial charge is 0.243 e. The number of nitrogens with one attached hydrogen (secondary N) is 2. The summed E-state index contributed by atoms with van der Waals surface area (Å²) in [7, 11) is 0. The van der Waals surface area contributed by atoms with E-state index >= 15 is 0 Å². The summed E-state index contributed by atoms with van der Waals surface area (Å²) in [4.78, 5) is 39.1. The van der Waals surface area contributed by atoms with Crippen molar-refractivity contribution in [2.75, 3.05) is 5.32 Å². The molecule has 1 aromatic rings. The number of halogens is 1. The van der Waals surface area contributed by atoms with Gasteiger partial charge in [-0.1, -0.05) is 19.8 Å². The van der Waals surface area contributed by atoms with E-state index in [0.29, 0.717) is 12.1 Å². The SMILES string of the molecule is CCC(=O)N1[C@@H](CC(=O)Nc2ccc(F)cc2)C(=O)N[C@@H]2CCCC[C@@H]21. The first-order valence-corrected chi connectivity index (χ1v) is 9.16. The van der Waals surface area contributed by atoms with Crippen LogP contribution >= 0.6 is 0 Å². The fourth-order valence-corrected chi connectivity index (χ4v) is 3.90. The molecular weight excluding hydrogens is 337 g/mol. The molecule has 6 nitrogen and oxygen atoms in total. The third-order valence-corrected chi connectivity index (χ3v) is 5.15. The van der Waals surface area contributed by atoms with Crippen LogP contribution < -0.4 is 10.6 Å². The molecule has 1 saturated carbocycles. The van der Waals surface area contributed by atoms with E-state index in [1.807, 2.05) is 0 Å². The summed E-state index contributed by atoms with van der Waals surface area (Å²) in [5.74, 6) is -1.14. The molecule has 1 aliphatic heterocycles. The van der Waals surface area contributed by atoms with Gasteiger partial charge in [0.1, 0.15) is 11.9 Å². The van der Waals surface area contributed by atoms with Crippen molar-refractivity contribution in [1.29, 1.82) is 0 Å². The zero-order valence-corrected chi connectivity index (χ0v) is 14.8. The third kappa shape index (κ3) is 3.86. The Balaban J connectivity index is 1.74. The zero-order chi connectivity index (χ0) is 18.7. The van der Waals surface area contributed by atoms with E-state index in [2.05, 4.69) is 10.6 Å². The topological polar surface area (TPSA) is 78.5 Å². The maximum Gasteiger partial charge on any atom is 0.243 e. The molecule has 140 valence electrons. The lowest BCUT2D eigenvalue weighted by molar-refractivity contribution is -0.151. The van der Waals surface area contributed by atoms with Gasteiger partial charge in [0.05, 0.1) is 12.5 Å². The van der Waals surface area contributed by atoms with Crippen LogP contribution in [0.25, 0.3) is 0 Å². The number of rotatable bonds is 4. The molecular formula is C19H24FN3O3. The van der Waals surface area contributed by atoms with Gasteiger partial charge >= 0.3 is 0 Å². The van der Waals surface area contributed by atoms with Crippen LogP contribution in [0.5, 0.6) is 0 Å². The minimum atomic E-state index is -0.803. The lowest BCUT2D eigenvalue weighted by atomic mass is 9.85. The Hall–Kier alpha value is -2.44. The van der Waals surface area contributed by atoms with Crippen LogP contribution in [0.2, 0.25) is 0 Å². The molecule has 1 aliphatic carbocycles. The first kappa shape index (κ1) is 18.4. The molecule has 3 atom stereocenters. The number of carbonyl (C=O) groups is 3. The predicted molar refractivity (Wildman–Crippen MR) is 94.8 cm³/mol. The number of fused-ring (bicyclic) bond motifs is 1. The molecule has 0 bridgehead atoms. The lowest BCUT2D eigenvalue weighted by Gasteiger charge is -2.48. The van der Waals surface area contributed by atoms with Gasteiger partial charge < -0.3 is 15.5 Å². The van der Waals surface area contributed by atoms with Crippen molar-refractivity contribution in [2.45, 2.75) is 63.6 Å². The molecule has 2 aliphatic rings. The second-order valence-electron chi connectivity index (χ2n) is 6.90. The number of carbonyl (C=O) groups excluding carboxylic acids is 3. The maximum atomic E-state index is 13.0. The Morgan fingerprint density at radius 1 is 1.23 bits per heavy atom. The summed E-state index contributed by atoms with van der Waals surface area (Å²) in [5, 5.41) is 5.65. The number of benzene rings is 1. The Morgan fingerprint density at radius 3 is 2.62 bits per heavy atom. The van der Waals surface area contributed by atoms with Crippen molar-refractivity contribution in [3.05, 3.63) is 30.1 Å². The highest BCUT2D eigenvalue weighted by Crippen LogP contribution is 2.30. The Morgan fingerprint density at radius 2 is 1.92 bits per heavy atom. The van der Waals surface area contributed by atoms with Gasteiger partial charge in [0.15, 0.2) is 0 Å². The number of amides is 3. The molecule has 3 rings (SSSR count). The third-order valence-electron chi connectivity index (χ3n) is 5.15. The first-order chi connectivity index (χ1) is 12.5. The first-order valence-electron chi connectivity index (χ1n) is 9.16. The molecule has 0 spiro atoms. The molecule has 2 fully saturated rings. The summed E-state index contributed by atoms with van der Waals surface area (Å²) in [5.41, 5.74) is 0.455. The van der Waals surface area contributed by atoms with Crippen molar-refractivity contribution in [2.24, 2.45) is 0 Å². The summed E-state index contributed by atoms with van der Waals surface area (Å²) in [6, 6.07) is 4.55. The second kappa shape index (κ2) is 7.85. The van der Waals surface area contributed by atoms with Gasteiger partial charge in [-0.05, 0) is 37.1 Å². The summed E-state index contributed by atoms with van der Waals surface area (Å²) in [6.07, 6.45) is 3.93. The number of anilines is 1. The maximum absolute atomic E-state index is 13.0. The minimum absolute atomic E-state index is 0.0249. The number of hydrogen-bond donors (Lipinski definition) is 2. The fraction of sp³-hybridized carbons (Fsp3) is 0.526. The molecule has 3 amide bonds. The molecule has 7 heteroatoms. The monoisotopic (exact) mass is 361 g/mol. The predicted octanol–water partition coefficient (Wildman–Crippen LogP) is 2.20. The Bertz CT molecular complexity index is 692. The van der Waals surface area contributed by atoms with E-state index in [1.54, 1.807) is 11.8 Å². The summed E-state index contributed by atoms with van der Waals surface area (Å²) < 4.78 is 13.0. The summed E-state index contributed by atoms with van der Waals surface area (Å²) in [6.45, 7) is 1.77. The molecule has 0 aromatic heterocycles. The van der Waals surface area contributed by atoms with Crippen molar-refractivity contribution in [3.63, 3.8) is 0 Å². The van der Waals surface area contributed by atoms with Crippen molar-refractivity contribution >= 4 is 23.4 Å². The van der Waals surface area contributed by atoms with Crippen LogP contribution in [-0.2, 0) is 14.4 Å². The number of nitrogens with zero attached hydrogens (tertiary/aromatic N) is 1. The molecule has 0 radical (unpaired) electrons. The van der Waals surface area contributed by atoms with Crippen LogP contribution in [0.4, 0.5) is 10.1 Å². The van der Waals surface area contributed by atoms with E-state index in [-0.39, 0.29) is 36.2 Å². The van der Waals surface area contributed by atoms with E-state index in [1.165, 1.54) is 24.3 Å². The van der Waals surface area contributed by atoms with Crippen LogP contribution in [-0.4, -0.2) is 40.7 Å². The van der Waals surface area contributed by atoms with Crippen molar-refractivity contribution in [1.82, 2.24) is 10.2 Å². The zero-order valence-electron chi connectivity index (χ0n) is 14.8. The summed E-state index contributed by atoms with van der Waals surface area (Å²) >= 11 is 0. The average Bonchev–Trinajstić information content (AvgIpc) is 2.63. The standard InChI is InChI=1S/C19H24FN3O3/c1-2-18(25)23-15-6-4-3-5-14(15)22-19(26)16(23)11-17(24)21-13-9-7-12(20)8-10-13/h7-10,14-16H,2-6,11H2,1H3,(H,21,24)(H,22,26)/t14-,15+,16+/m1/s1. The second-order valence-corrected chi connectivity index (χ2v) is 6.90.